The van der Waals surface area contributed by atoms with Gasteiger partial charge in [-0.3, -0.25) is 9.00 Å². The molecule has 1 amide bonds. The highest BCUT2D eigenvalue weighted by Gasteiger charge is 2.20. The SMILES string of the molecule is CCCS(=O)C[C@H](NC(C)=O)C(=O)O. The molecule has 2 atom stereocenters. The molecule has 0 saturated carbocycles. The number of rotatable bonds is 6. The van der Waals surface area contributed by atoms with Gasteiger partial charge >= 0.3 is 5.97 Å². The van der Waals surface area contributed by atoms with Gasteiger partial charge in [0.1, 0.15) is 6.04 Å². The van der Waals surface area contributed by atoms with E-state index in [0.29, 0.717) is 5.75 Å². The lowest BCUT2D eigenvalue weighted by Crippen LogP contribution is -2.43. The number of carbonyl (C=O) groups is 2. The minimum absolute atomic E-state index is 0.0250. The molecule has 5 nitrogen and oxygen atoms in total. The van der Waals surface area contributed by atoms with Crippen LogP contribution in [0.25, 0.3) is 0 Å². The second kappa shape index (κ2) is 6.53. The predicted molar refractivity (Wildman–Crippen MR) is 53.4 cm³/mol. The van der Waals surface area contributed by atoms with Gasteiger partial charge in [0.25, 0.3) is 0 Å². The smallest absolute Gasteiger partial charge is 0.327 e. The van der Waals surface area contributed by atoms with E-state index in [1.54, 1.807) is 0 Å². The molecule has 1 unspecified atom stereocenters. The minimum atomic E-state index is -1.18. The fourth-order valence-corrected chi connectivity index (χ4v) is 2.14. The molecule has 0 fully saturated rings. The molecule has 0 bridgehead atoms. The van der Waals surface area contributed by atoms with Gasteiger partial charge in [-0.2, -0.15) is 0 Å². The summed E-state index contributed by atoms with van der Waals surface area (Å²) in [7, 11) is -1.18. The van der Waals surface area contributed by atoms with Crippen LogP contribution in [0.1, 0.15) is 20.3 Å². The Hall–Kier alpha value is -0.910. The number of carboxylic acid groups (broad SMARTS) is 1. The number of hydrogen-bond donors (Lipinski definition) is 2. The molecule has 82 valence electrons. The third kappa shape index (κ3) is 5.69. The Labute approximate surface area is 85.3 Å². The summed E-state index contributed by atoms with van der Waals surface area (Å²) >= 11 is 0. The maximum Gasteiger partial charge on any atom is 0.327 e. The van der Waals surface area contributed by atoms with Gasteiger partial charge in [0.2, 0.25) is 5.91 Å². The monoisotopic (exact) mass is 221 g/mol. The molecule has 0 aliphatic carbocycles. The van der Waals surface area contributed by atoms with Gasteiger partial charge in [0.15, 0.2) is 0 Å². The second-order valence-corrected chi connectivity index (χ2v) is 4.52. The normalized spacial score (nSPS) is 14.4. The lowest BCUT2D eigenvalue weighted by Gasteiger charge is -2.12. The van der Waals surface area contributed by atoms with Crippen LogP contribution in [-0.4, -0.2) is 38.7 Å². The first-order valence-electron chi connectivity index (χ1n) is 4.32. The Bertz CT molecular complexity index is 241. The van der Waals surface area contributed by atoms with Crippen molar-refractivity contribution in [2.45, 2.75) is 26.3 Å². The minimum Gasteiger partial charge on any atom is -0.480 e. The Morgan fingerprint density at radius 3 is 2.43 bits per heavy atom. The lowest BCUT2D eigenvalue weighted by atomic mass is 10.3. The number of amides is 1. The van der Waals surface area contributed by atoms with Crippen LogP contribution in [0.4, 0.5) is 0 Å². The van der Waals surface area contributed by atoms with Gasteiger partial charge in [-0.05, 0) is 6.42 Å². The third-order valence-electron chi connectivity index (χ3n) is 1.46. The van der Waals surface area contributed by atoms with Crippen LogP contribution in [0, 0.1) is 0 Å². The van der Waals surface area contributed by atoms with Crippen molar-refractivity contribution in [1.82, 2.24) is 5.32 Å². The predicted octanol–water partition coefficient (Wildman–Crippen LogP) is -0.266. The van der Waals surface area contributed by atoms with Crippen LogP contribution in [0.5, 0.6) is 0 Å². The first kappa shape index (κ1) is 13.1. The van der Waals surface area contributed by atoms with Crippen LogP contribution in [-0.2, 0) is 20.4 Å². The molecule has 0 saturated heterocycles. The van der Waals surface area contributed by atoms with E-state index in [1.807, 2.05) is 6.92 Å². The molecular formula is C8H15NO4S. The van der Waals surface area contributed by atoms with E-state index in [2.05, 4.69) is 5.32 Å². The quantitative estimate of drug-likeness (QED) is 0.647. The van der Waals surface area contributed by atoms with Crippen LogP contribution in [0.15, 0.2) is 0 Å². The highest BCUT2D eigenvalue weighted by molar-refractivity contribution is 7.85. The largest absolute Gasteiger partial charge is 0.480 e. The van der Waals surface area contributed by atoms with E-state index in [9.17, 15) is 13.8 Å². The van der Waals surface area contributed by atoms with E-state index in [0.717, 1.165) is 6.42 Å². The first-order chi connectivity index (χ1) is 6.47. The number of carboxylic acids is 1. The molecule has 0 radical (unpaired) electrons. The standard InChI is InChI=1S/C8H15NO4S/c1-3-4-14(13)5-7(8(11)12)9-6(2)10/h7H,3-5H2,1-2H3,(H,9,10)(H,11,12)/t7-,14?/m0/s1. The molecule has 0 aromatic rings. The van der Waals surface area contributed by atoms with Crippen LogP contribution in [0.3, 0.4) is 0 Å². The van der Waals surface area contributed by atoms with Gasteiger partial charge in [-0.15, -0.1) is 0 Å². The van der Waals surface area contributed by atoms with Crippen LogP contribution in [0.2, 0.25) is 0 Å². The van der Waals surface area contributed by atoms with Crippen molar-refractivity contribution in [2.24, 2.45) is 0 Å². The molecule has 2 N–H and O–H groups in total. The molecule has 0 aromatic heterocycles. The summed E-state index contributed by atoms with van der Waals surface area (Å²) in [6, 6.07) is -1.04. The Morgan fingerprint density at radius 1 is 1.50 bits per heavy atom. The Balaban J connectivity index is 4.16. The molecule has 0 aliphatic heterocycles. The summed E-state index contributed by atoms with van der Waals surface area (Å²) in [6.45, 7) is 3.10. The molecule has 0 aromatic carbocycles. The topological polar surface area (TPSA) is 83.5 Å². The highest BCUT2D eigenvalue weighted by atomic mass is 32.2. The third-order valence-corrected chi connectivity index (χ3v) is 3.03. The van der Waals surface area contributed by atoms with Crippen molar-refractivity contribution in [3.8, 4) is 0 Å². The number of hydrogen-bond acceptors (Lipinski definition) is 3. The summed E-state index contributed by atoms with van der Waals surface area (Å²) in [5.41, 5.74) is 0. The summed E-state index contributed by atoms with van der Waals surface area (Å²) < 4.78 is 11.2. The molecule has 14 heavy (non-hydrogen) atoms. The molecule has 0 heterocycles. The van der Waals surface area contributed by atoms with Crippen LogP contribution >= 0.6 is 0 Å². The zero-order valence-corrected chi connectivity index (χ0v) is 9.10. The van der Waals surface area contributed by atoms with E-state index in [1.165, 1.54) is 6.92 Å². The van der Waals surface area contributed by atoms with Gasteiger partial charge in [0.05, 0.1) is 5.75 Å². The number of carbonyl (C=O) groups excluding carboxylic acids is 1. The number of nitrogens with one attached hydrogen (secondary N) is 1. The Kier molecular flexibility index (Phi) is 6.11. The summed E-state index contributed by atoms with van der Waals surface area (Å²) in [4.78, 5) is 21.3. The highest BCUT2D eigenvalue weighted by Crippen LogP contribution is 1.93. The molecule has 0 rings (SSSR count). The number of aliphatic carboxylic acids is 1. The van der Waals surface area contributed by atoms with Crippen LogP contribution < -0.4 is 5.32 Å². The van der Waals surface area contributed by atoms with Gasteiger partial charge in [0, 0.05) is 23.5 Å². The van der Waals surface area contributed by atoms with Crippen molar-refractivity contribution in [1.29, 1.82) is 0 Å². The summed E-state index contributed by atoms with van der Waals surface area (Å²) in [6.07, 6.45) is 0.735. The first-order valence-corrected chi connectivity index (χ1v) is 5.81. The maximum absolute atomic E-state index is 11.2. The fourth-order valence-electron chi connectivity index (χ4n) is 0.917. The van der Waals surface area contributed by atoms with Gasteiger partial charge in [-0.25, -0.2) is 4.79 Å². The van der Waals surface area contributed by atoms with E-state index < -0.39 is 28.7 Å². The van der Waals surface area contributed by atoms with Gasteiger partial charge < -0.3 is 10.4 Å². The van der Waals surface area contributed by atoms with E-state index in [-0.39, 0.29) is 5.75 Å². The van der Waals surface area contributed by atoms with E-state index >= 15 is 0 Å². The molecular weight excluding hydrogens is 206 g/mol. The van der Waals surface area contributed by atoms with Crippen molar-refractivity contribution in [3.05, 3.63) is 0 Å². The zero-order chi connectivity index (χ0) is 11.1. The summed E-state index contributed by atoms with van der Waals surface area (Å²) in [5.74, 6) is -1.14. The molecule has 0 spiro atoms. The van der Waals surface area contributed by atoms with E-state index in [4.69, 9.17) is 5.11 Å². The second-order valence-electron chi connectivity index (χ2n) is 2.90. The van der Waals surface area contributed by atoms with Gasteiger partial charge in [-0.1, -0.05) is 6.92 Å². The molecule has 6 heteroatoms. The maximum atomic E-state index is 11.2. The van der Waals surface area contributed by atoms with Crippen molar-refractivity contribution < 1.29 is 18.9 Å². The van der Waals surface area contributed by atoms with Crippen molar-refractivity contribution >= 4 is 22.7 Å². The van der Waals surface area contributed by atoms with Crippen molar-refractivity contribution in [2.75, 3.05) is 11.5 Å². The summed E-state index contributed by atoms with van der Waals surface area (Å²) in [5, 5.41) is 10.9. The molecule has 0 aliphatic rings. The zero-order valence-electron chi connectivity index (χ0n) is 8.28. The van der Waals surface area contributed by atoms with Crippen molar-refractivity contribution in [3.63, 3.8) is 0 Å². The Morgan fingerprint density at radius 2 is 2.07 bits per heavy atom. The fraction of sp³-hybridized carbons (Fsp3) is 0.750. The average molecular weight is 221 g/mol. The lowest BCUT2D eigenvalue weighted by molar-refractivity contribution is -0.140. The average Bonchev–Trinajstić information content (AvgIpc) is 2.02.